The van der Waals surface area contributed by atoms with E-state index < -0.39 is 15.1 Å². The van der Waals surface area contributed by atoms with E-state index in [-0.39, 0.29) is 5.92 Å². The lowest BCUT2D eigenvalue weighted by Gasteiger charge is -2.17. The fourth-order valence-corrected chi connectivity index (χ4v) is 4.04. The Balaban J connectivity index is 2.82. The zero-order valence-corrected chi connectivity index (χ0v) is 13.4. The molecule has 1 aromatic rings. The van der Waals surface area contributed by atoms with E-state index in [0.29, 0.717) is 29.2 Å². The molecule has 1 rings (SSSR count). The minimum atomic E-state index is -3.32. The van der Waals surface area contributed by atoms with Crippen molar-refractivity contribution in [2.75, 3.05) is 0 Å². The van der Waals surface area contributed by atoms with Crippen LogP contribution in [0.25, 0.3) is 0 Å². The van der Waals surface area contributed by atoms with E-state index in [2.05, 4.69) is 6.07 Å². The van der Waals surface area contributed by atoms with Gasteiger partial charge in [-0.25, -0.2) is 8.42 Å². The zero-order valence-electron chi connectivity index (χ0n) is 11.8. The topological polar surface area (TPSA) is 57.9 Å². The van der Waals surface area contributed by atoms with Gasteiger partial charge >= 0.3 is 0 Å². The van der Waals surface area contributed by atoms with E-state index in [1.807, 2.05) is 13.8 Å². The SMILES string of the molecule is CC[C@H](CCC(C)CC#N)S(=O)(=O)c1ccc(Cl)cc1. The average molecular weight is 314 g/mol. The Morgan fingerprint density at radius 1 is 1.25 bits per heavy atom. The highest BCUT2D eigenvalue weighted by Crippen LogP contribution is 2.25. The van der Waals surface area contributed by atoms with Gasteiger partial charge in [0.05, 0.1) is 16.2 Å². The molecule has 0 spiro atoms. The first kappa shape index (κ1) is 17.0. The number of hydrogen-bond donors (Lipinski definition) is 0. The quantitative estimate of drug-likeness (QED) is 0.757. The lowest BCUT2D eigenvalue weighted by molar-refractivity contribution is 0.493. The fourth-order valence-electron chi connectivity index (χ4n) is 2.12. The largest absolute Gasteiger partial charge is 0.223 e. The molecule has 0 saturated carbocycles. The van der Waals surface area contributed by atoms with Crippen LogP contribution >= 0.6 is 11.6 Å². The second kappa shape index (κ2) is 7.66. The molecule has 3 nitrogen and oxygen atoms in total. The summed E-state index contributed by atoms with van der Waals surface area (Å²) in [6, 6.07) is 8.42. The molecule has 0 radical (unpaired) electrons. The van der Waals surface area contributed by atoms with E-state index in [9.17, 15) is 8.42 Å². The third-order valence-corrected chi connectivity index (χ3v) is 6.09. The summed E-state index contributed by atoms with van der Waals surface area (Å²) >= 11 is 5.79. The molecule has 1 unspecified atom stereocenters. The van der Waals surface area contributed by atoms with Crippen LogP contribution in [0.1, 0.15) is 39.5 Å². The van der Waals surface area contributed by atoms with Gasteiger partial charge in [0.2, 0.25) is 0 Å². The van der Waals surface area contributed by atoms with Gasteiger partial charge in [0.15, 0.2) is 9.84 Å². The Bertz CT molecular complexity index is 561. The van der Waals surface area contributed by atoms with E-state index >= 15 is 0 Å². The van der Waals surface area contributed by atoms with Gasteiger partial charge in [-0.15, -0.1) is 0 Å². The van der Waals surface area contributed by atoms with Crippen molar-refractivity contribution in [1.29, 1.82) is 5.26 Å². The van der Waals surface area contributed by atoms with Gasteiger partial charge in [-0.2, -0.15) is 5.26 Å². The molecule has 0 saturated heterocycles. The van der Waals surface area contributed by atoms with Crippen molar-refractivity contribution in [3.05, 3.63) is 29.3 Å². The highest BCUT2D eigenvalue weighted by Gasteiger charge is 2.26. The number of rotatable bonds is 7. The van der Waals surface area contributed by atoms with Crippen molar-refractivity contribution in [2.45, 2.75) is 49.7 Å². The molecule has 0 aliphatic heterocycles. The standard InChI is InChI=1S/C15H20ClNO2S/c1-3-14(7-4-12(2)10-11-17)20(18,19)15-8-5-13(16)6-9-15/h5-6,8-9,12,14H,3-4,7,10H2,1-2H3/t12?,14-/m1/s1. The summed E-state index contributed by atoms with van der Waals surface area (Å²) in [5.74, 6) is 0.231. The van der Waals surface area contributed by atoms with Gasteiger partial charge in [-0.1, -0.05) is 25.4 Å². The number of hydrogen-bond acceptors (Lipinski definition) is 3. The first-order valence-corrected chi connectivity index (χ1v) is 8.70. The maximum absolute atomic E-state index is 12.5. The van der Waals surface area contributed by atoms with E-state index in [1.54, 1.807) is 24.3 Å². The minimum absolute atomic E-state index is 0.231. The Kier molecular flexibility index (Phi) is 6.51. The summed E-state index contributed by atoms with van der Waals surface area (Å²) in [5, 5.41) is 8.77. The van der Waals surface area contributed by atoms with Crippen LogP contribution in [-0.4, -0.2) is 13.7 Å². The molecule has 0 bridgehead atoms. The first-order chi connectivity index (χ1) is 9.41. The molecule has 0 aromatic heterocycles. The van der Waals surface area contributed by atoms with Gasteiger partial charge in [0.25, 0.3) is 0 Å². The van der Waals surface area contributed by atoms with Crippen molar-refractivity contribution in [3.63, 3.8) is 0 Å². The first-order valence-electron chi connectivity index (χ1n) is 6.78. The summed E-state index contributed by atoms with van der Waals surface area (Å²) in [4.78, 5) is 0.321. The smallest absolute Gasteiger partial charge is 0.181 e. The maximum Gasteiger partial charge on any atom is 0.181 e. The van der Waals surface area contributed by atoms with Crippen LogP contribution in [0.4, 0.5) is 0 Å². The van der Waals surface area contributed by atoms with E-state index in [1.165, 1.54) is 0 Å². The van der Waals surface area contributed by atoms with Crippen molar-refractivity contribution in [2.24, 2.45) is 5.92 Å². The molecule has 110 valence electrons. The zero-order chi connectivity index (χ0) is 15.2. The van der Waals surface area contributed by atoms with Crippen molar-refractivity contribution < 1.29 is 8.42 Å². The summed E-state index contributed by atoms with van der Waals surface area (Å²) in [6.45, 7) is 3.86. The monoisotopic (exact) mass is 313 g/mol. The predicted molar refractivity (Wildman–Crippen MR) is 81.3 cm³/mol. The lowest BCUT2D eigenvalue weighted by Crippen LogP contribution is -2.21. The van der Waals surface area contributed by atoms with Crippen LogP contribution < -0.4 is 0 Å². The molecule has 0 aliphatic rings. The van der Waals surface area contributed by atoms with Gasteiger partial charge < -0.3 is 0 Å². The Morgan fingerprint density at radius 2 is 1.85 bits per heavy atom. The van der Waals surface area contributed by atoms with Gasteiger partial charge in [0, 0.05) is 11.4 Å². The average Bonchev–Trinajstić information content (AvgIpc) is 2.40. The molecule has 0 heterocycles. The molecule has 0 aliphatic carbocycles. The van der Waals surface area contributed by atoms with Gasteiger partial charge in [-0.05, 0) is 49.4 Å². The van der Waals surface area contributed by atoms with Crippen LogP contribution in [-0.2, 0) is 9.84 Å². The molecule has 1 aromatic carbocycles. The molecule has 0 fully saturated rings. The normalized spacial score (nSPS) is 14.5. The molecule has 0 N–H and O–H groups in total. The number of benzene rings is 1. The van der Waals surface area contributed by atoms with E-state index in [0.717, 1.165) is 6.42 Å². The Labute approximate surface area is 126 Å². The maximum atomic E-state index is 12.5. The van der Waals surface area contributed by atoms with Gasteiger partial charge in [-0.3, -0.25) is 0 Å². The van der Waals surface area contributed by atoms with Gasteiger partial charge in [0.1, 0.15) is 0 Å². The third-order valence-electron chi connectivity index (χ3n) is 3.46. The summed E-state index contributed by atoms with van der Waals surface area (Å²) < 4.78 is 25.1. The summed E-state index contributed by atoms with van der Waals surface area (Å²) in [6.07, 6.45) is 2.38. The highest BCUT2D eigenvalue weighted by molar-refractivity contribution is 7.92. The molecule has 2 atom stereocenters. The summed E-state index contributed by atoms with van der Waals surface area (Å²) in [5.41, 5.74) is 0. The third kappa shape index (κ3) is 4.50. The summed E-state index contributed by atoms with van der Waals surface area (Å²) in [7, 11) is -3.32. The fraction of sp³-hybridized carbons (Fsp3) is 0.533. The number of nitriles is 1. The van der Waals surface area contributed by atoms with Crippen molar-refractivity contribution in [3.8, 4) is 6.07 Å². The molecule has 5 heteroatoms. The van der Waals surface area contributed by atoms with Crippen LogP contribution in [0.2, 0.25) is 5.02 Å². The van der Waals surface area contributed by atoms with Crippen LogP contribution in [0.5, 0.6) is 0 Å². The van der Waals surface area contributed by atoms with E-state index in [4.69, 9.17) is 16.9 Å². The van der Waals surface area contributed by atoms with Crippen LogP contribution in [0.3, 0.4) is 0 Å². The van der Waals surface area contributed by atoms with Crippen LogP contribution in [0, 0.1) is 17.2 Å². The Hall–Kier alpha value is -1.05. The number of sulfone groups is 1. The number of halogens is 1. The minimum Gasteiger partial charge on any atom is -0.223 e. The number of nitrogens with zero attached hydrogens (tertiary/aromatic N) is 1. The predicted octanol–water partition coefficient (Wildman–Crippen LogP) is 4.22. The van der Waals surface area contributed by atoms with Crippen molar-refractivity contribution >= 4 is 21.4 Å². The van der Waals surface area contributed by atoms with Crippen LogP contribution in [0.15, 0.2) is 29.2 Å². The molecule has 0 amide bonds. The molecule has 20 heavy (non-hydrogen) atoms. The molecular formula is C15H20ClNO2S. The molecular weight excluding hydrogens is 294 g/mol. The van der Waals surface area contributed by atoms with Crippen molar-refractivity contribution in [1.82, 2.24) is 0 Å². The lowest BCUT2D eigenvalue weighted by atomic mass is 10.0. The second-order valence-corrected chi connectivity index (χ2v) is 7.74. The Morgan fingerprint density at radius 3 is 2.35 bits per heavy atom. The highest BCUT2D eigenvalue weighted by atomic mass is 35.5. The second-order valence-electron chi connectivity index (χ2n) is 5.07.